The largest absolute Gasteiger partial charge is 0.490 e. The maximum atomic E-state index is 12.3. The molecule has 0 aliphatic carbocycles. The van der Waals surface area contributed by atoms with Gasteiger partial charge >= 0.3 is 0 Å². The summed E-state index contributed by atoms with van der Waals surface area (Å²) < 4.78 is 6.09. The first kappa shape index (κ1) is 16.0. The predicted octanol–water partition coefficient (Wildman–Crippen LogP) is 2.70. The molecule has 7 heteroatoms. The normalized spacial score (nSPS) is 18.7. The van der Waals surface area contributed by atoms with Crippen molar-refractivity contribution in [2.24, 2.45) is 0 Å². The van der Waals surface area contributed by atoms with Crippen LogP contribution in [-0.4, -0.2) is 29.3 Å². The topological polar surface area (TPSA) is 58.6 Å². The first-order valence-corrected chi connectivity index (χ1v) is 8.63. The summed E-state index contributed by atoms with van der Waals surface area (Å²) in [6.45, 7) is 3.03. The first-order chi connectivity index (χ1) is 11.1. The Kier molecular flexibility index (Phi) is 4.68. The number of hydrogen-bond acceptors (Lipinski definition) is 5. The molecule has 0 saturated carbocycles. The molecule has 120 valence electrons. The molecule has 23 heavy (non-hydrogen) atoms. The number of thiocarbonyl (C=S) groups is 1. The average molecular weight is 348 g/mol. The Balaban J connectivity index is 1.92. The van der Waals surface area contributed by atoms with Gasteiger partial charge in [0.25, 0.3) is 5.91 Å². The van der Waals surface area contributed by atoms with E-state index in [4.69, 9.17) is 17.0 Å². The van der Waals surface area contributed by atoms with Crippen molar-refractivity contribution in [3.8, 4) is 5.75 Å². The second kappa shape index (κ2) is 6.72. The van der Waals surface area contributed by atoms with Crippen LogP contribution in [0, 0.1) is 0 Å². The highest BCUT2D eigenvalue weighted by Gasteiger charge is 2.25. The summed E-state index contributed by atoms with van der Waals surface area (Å²) in [5, 5.41) is 2.59. The first-order valence-electron chi connectivity index (χ1n) is 7.40. The maximum Gasteiger partial charge on any atom is 0.263 e. The second-order valence-corrected chi connectivity index (χ2v) is 6.94. The molecule has 1 aromatic carbocycles. The van der Waals surface area contributed by atoms with E-state index >= 15 is 0 Å². The van der Waals surface area contributed by atoms with E-state index in [9.17, 15) is 9.59 Å². The number of amides is 2. The van der Waals surface area contributed by atoms with Crippen molar-refractivity contribution >= 4 is 51.9 Å². The van der Waals surface area contributed by atoms with Gasteiger partial charge in [0, 0.05) is 6.42 Å². The van der Waals surface area contributed by atoms with Crippen LogP contribution < -0.4 is 15.0 Å². The van der Waals surface area contributed by atoms with Gasteiger partial charge in [0.15, 0.2) is 0 Å². The number of anilines is 1. The SMILES string of the molecule is CCCC(=O)N1CCOc2ccc(C=C3SC(=S)NC3=O)cc21. The molecule has 1 saturated heterocycles. The minimum Gasteiger partial charge on any atom is -0.490 e. The van der Waals surface area contributed by atoms with E-state index in [0.717, 1.165) is 17.7 Å². The van der Waals surface area contributed by atoms with Gasteiger partial charge < -0.3 is 15.0 Å². The number of hydrogen-bond donors (Lipinski definition) is 1. The molecule has 0 spiro atoms. The summed E-state index contributed by atoms with van der Waals surface area (Å²) in [7, 11) is 0. The molecule has 2 aliphatic rings. The molecule has 3 rings (SSSR count). The van der Waals surface area contributed by atoms with E-state index in [-0.39, 0.29) is 11.8 Å². The number of carbonyl (C=O) groups is 2. The molecule has 2 amide bonds. The van der Waals surface area contributed by atoms with Crippen molar-refractivity contribution in [2.75, 3.05) is 18.1 Å². The van der Waals surface area contributed by atoms with Gasteiger partial charge in [0.2, 0.25) is 5.91 Å². The third-order valence-corrected chi connectivity index (χ3v) is 4.71. The van der Waals surface area contributed by atoms with Gasteiger partial charge in [0.05, 0.1) is 17.1 Å². The lowest BCUT2D eigenvalue weighted by atomic mass is 10.1. The summed E-state index contributed by atoms with van der Waals surface area (Å²) >= 11 is 6.23. The molecule has 0 unspecified atom stereocenters. The lowest BCUT2D eigenvalue weighted by Gasteiger charge is -2.29. The molecule has 2 heterocycles. The Morgan fingerprint density at radius 3 is 3.04 bits per heavy atom. The van der Waals surface area contributed by atoms with Crippen LogP contribution >= 0.6 is 24.0 Å². The van der Waals surface area contributed by atoms with Gasteiger partial charge in [-0.25, -0.2) is 0 Å². The van der Waals surface area contributed by atoms with Crippen molar-refractivity contribution in [2.45, 2.75) is 19.8 Å². The van der Waals surface area contributed by atoms with Gasteiger partial charge in [0.1, 0.15) is 16.7 Å². The monoisotopic (exact) mass is 348 g/mol. The van der Waals surface area contributed by atoms with Crippen LogP contribution in [0.25, 0.3) is 6.08 Å². The Morgan fingerprint density at radius 2 is 2.35 bits per heavy atom. The summed E-state index contributed by atoms with van der Waals surface area (Å²) in [4.78, 5) is 26.4. The highest BCUT2D eigenvalue weighted by atomic mass is 32.2. The van der Waals surface area contributed by atoms with Gasteiger partial charge in [-0.15, -0.1) is 0 Å². The highest BCUT2D eigenvalue weighted by Crippen LogP contribution is 2.34. The fourth-order valence-electron chi connectivity index (χ4n) is 2.50. The molecule has 0 radical (unpaired) electrons. The van der Waals surface area contributed by atoms with E-state index in [1.165, 1.54) is 11.8 Å². The van der Waals surface area contributed by atoms with Gasteiger partial charge in [-0.05, 0) is 30.2 Å². The van der Waals surface area contributed by atoms with Crippen LogP contribution in [0.4, 0.5) is 5.69 Å². The Morgan fingerprint density at radius 1 is 1.52 bits per heavy atom. The molecular weight excluding hydrogens is 332 g/mol. The van der Waals surface area contributed by atoms with E-state index in [1.807, 2.05) is 25.1 Å². The van der Waals surface area contributed by atoms with E-state index in [1.54, 1.807) is 11.0 Å². The number of fused-ring (bicyclic) bond motifs is 1. The molecule has 0 aromatic heterocycles. The third-order valence-electron chi connectivity index (χ3n) is 3.55. The van der Waals surface area contributed by atoms with Crippen LogP contribution in [0.1, 0.15) is 25.3 Å². The number of nitrogens with zero attached hydrogens (tertiary/aromatic N) is 1. The third kappa shape index (κ3) is 3.40. The average Bonchev–Trinajstić information content (AvgIpc) is 2.84. The van der Waals surface area contributed by atoms with Crippen LogP contribution in [0.15, 0.2) is 23.1 Å². The molecule has 0 atom stereocenters. The fourth-order valence-corrected chi connectivity index (χ4v) is 3.55. The van der Waals surface area contributed by atoms with E-state index in [2.05, 4.69) is 5.32 Å². The van der Waals surface area contributed by atoms with Crippen LogP contribution in [0.2, 0.25) is 0 Å². The van der Waals surface area contributed by atoms with Crippen molar-refractivity contribution in [1.29, 1.82) is 0 Å². The summed E-state index contributed by atoms with van der Waals surface area (Å²) in [6, 6.07) is 5.59. The standard InChI is InChI=1S/C16H16N2O3S2/c1-2-3-14(19)18-6-7-21-12-5-4-10(8-11(12)18)9-13-15(20)17-16(22)23-13/h4-5,8-9H,2-3,6-7H2,1H3,(H,17,20,22). The van der Waals surface area contributed by atoms with Crippen LogP contribution in [0.5, 0.6) is 5.75 Å². The number of nitrogens with one attached hydrogen (secondary N) is 1. The number of thioether (sulfide) groups is 1. The fraction of sp³-hybridized carbons (Fsp3) is 0.312. The summed E-state index contributed by atoms with van der Waals surface area (Å²) in [5.41, 5.74) is 1.60. The predicted molar refractivity (Wildman–Crippen MR) is 95.5 cm³/mol. The zero-order valence-corrected chi connectivity index (χ0v) is 14.3. The Hall–Kier alpha value is -1.86. The molecule has 1 fully saturated rings. The zero-order valence-electron chi connectivity index (χ0n) is 12.6. The molecule has 0 bridgehead atoms. The van der Waals surface area contributed by atoms with E-state index < -0.39 is 0 Å². The highest BCUT2D eigenvalue weighted by molar-refractivity contribution is 8.26. The smallest absolute Gasteiger partial charge is 0.263 e. The maximum absolute atomic E-state index is 12.3. The zero-order chi connectivity index (χ0) is 16.4. The number of carbonyl (C=O) groups excluding carboxylic acids is 2. The molecule has 2 aliphatic heterocycles. The molecule has 1 N–H and O–H groups in total. The minimum atomic E-state index is -0.187. The van der Waals surface area contributed by atoms with Gasteiger partial charge in [-0.1, -0.05) is 37.0 Å². The van der Waals surface area contributed by atoms with Crippen molar-refractivity contribution < 1.29 is 14.3 Å². The van der Waals surface area contributed by atoms with Crippen LogP contribution in [0.3, 0.4) is 0 Å². The minimum absolute atomic E-state index is 0.0935. The van der Waals surface area contributed by atoms with Crippen molar-refractivity contribution in [3.63, 3.8) is 0 Å². The summed E-state index contributed by atoms with van der Waals surface area (Å²) in [6.07, 6.45) is 3.09. The molecule has 1 aromatic rings. The Labute approximate surface area is 144 Å². The second-order valence-electron chi connectivity index (χ2n) is 5.22. The lowest BCUT2D eigenvalue weighted by Crippen LogP contribution is -2.37. The summed E-state index contributed by atoms with van der Waals surface area (Å²) in [5.74, 6) is 0.603. The van der Waals surface area contributed by atoms with E-state index in [0.29, 0.717) is 34.5 Å². The molecule has 5 nitrogen and oxygen atoms in total. The van der Waals surface area contributed by atoms with Crippen molar-refractivity contribution in [3.05, 3.63) is 28.7 Å². The number of ether oxygens (including phenoxy) is 1. The Bertz CT molecular complexity index is 715. The van der Waals surface area contributed by atoms with Gasteiger partial charge in [-0.3, -0.25) is 9.59 Å². The number of benzene rings is 1. The quantitative estimate of drug-likeness (QED) is 0.672. The number of rotatable bonds is 3. The lowest BCUT2D eigenvalue weighted by molar-refractivity contribution is -0.119. The van der Waals surface area contributed by atoms with Crippen LogP contribution in [-0.2, 0) is 9.59 Å². The molecular formula is C16H16N2O3S2. The van der Waals surface area contributed by atoms with Gasteiger partial charge in [-0.2, -0.15) is 0 Å². The van der Waals surface area contributed by atoms with Crippen molar-refractivity contribution in [1.82, 2.24) is 5.32 Å².